The molecule has 5 N–H and O–H groups in total. The van der Waals surface area contributed by atoms with E-state index in [4.69, 9.17) is 21.0 Å². The van der Waals surface area contributed by atoms with E-state index in [1.165, 1.54) is 0 Å². The fourth-order valence-corrected chi connectivity index (χ4v) is 1.05. The van der Waals surface area contributed by atoms with Gasteiger partial charge in [-0.1, -0.05) is 13.3 Å². The van der Waals surface area contributed by atoms with E-state index in [0.717, 1.165) is 18.9 Å². The molecule has 6 nitrogen and oxygen atoms in total. The minimum absolute atomic E-state index is 0.401. The zero-order valence-electron chi connectivity index (χ0n) is 8.95. The molecule has 1 unspecified atom stereocenters. The van der Waals surface area contributed by atoms with Gasteiger partial charge in [0.2, 0.25) is 6.08 Å². The molecule has 0 amide bonds. The van der Waals surface area contributed by atoms with Gasteiger partial charge in [-0.25, -0.2) is 10.2 Å². The van der Waals surface area contributed by atoms with Crippen LogP contribution in [-0.2, 0) is 9.59 Å². The lowest BCUT2D eigenvalue weighted by molar-refractivity contribution is -0.139. The van der Waals surface area contributed by atoms with Crippen molar-refractivity contribution in [3.8, 4) is 0 Å². The maximum atomic E-state index is 10.6. The van der Waals surface area contributed by atoms with E-state index in [2.05, 4.69) is 5.32 Å². The first-order chi connectivity index (χ1) is 7.13. The van der Waals surface area contributed by atoms with Crippen LogP contribution in [0.15, 0.2) is 0 Å². The van der Waals surface area contributed by atoms with E-state index < -0.39 is 12.0 Å². The predicted molar refractivity (Wildman–Crippen MR) is 56.4 cm³/mol. The van der Waals surface area contributed by atoms with Crippen LogP contribution >= 0.6 is 0 Å². The molecule has 0 fully saturated rings. The number of carbonyl (C=O) groups excluding carboxylic acids is 1. The summed E-state index contributed by atoms with van der Waals surface area (Å²) in [6.45, 7) is 3.23. The highest BCUT2D eigenvalue weighted by molar-refractivity contribution is 5.73. The maximum Gasteiger partial charge on any atom is 0.320 e. The highest BCUT2D eigenvalue weighted by Crippen LogP contribution is 1.99. The molecule has 6 heteroatoms. The molecule has 0 bridgehead atoms. The molecule has 0 saturated heterocycles. The van der Waals surface area contributed by atoms with Crippen LogP contribution in [0.1, 0.15) is 26.2 Å². The van der Waals surface area contributed by atoms with Crippen molar-refractivity contribution in [2.24, 2.45) is 5.73 Å². The quantitative estimate of drug-likeness (QED) is 0.274. The first-order valence-corrected chi connectivity index (χ1v) is 4.84. The lowest BCUT2D eigenvalue weighted by Crippen LogP contribution is -2.36. The molecular formula is C9H19N3O3. The Morgan fingerprint density at radius 2 is 2.13 bits per heavy atom. The van der Waals surface area contributed by atoms with Crippen molar-refractivity contribution in [2.45, 2.75) is 32.2 Å². The number of carboxylic acid groups (broad SMARTS) is 1. The van der Waals surface area contributed by atoms with Gasteiger partial charge in [-0.15, -0.1) is 0 Å². The maximum absolute atomic E-state index is 10.6. The normalized spacial score (nSPS) is 10.8. The number of carboxylic acids is 1. The molecule has 0 radical (unpaired) electrons. The summed E-state index contributed by atoms with van der Waals surface area (Å²) in [7, 11) is 0. The van der Waals surface area contributed by atoms with E-state index in [9.17, 15) is 4.79 Å². The number of nitrogens with two attached hydrogens (primary N) is 1. The smallest absolute Gasteiger partial charge is 0.320 e. The zero-order chi connectivity index (χ0) is 12.1. The van der Waals surface area contributed by atoms with Gasteiger partial charge in [0.15, 0.2) is 0 Å². The number of carbonyl (C=O) groups is 1. The van der Waals surface area contributed by atoms with Crippen LogP contribution in [0.3, 0.4) is 0 Å². The lowest BCUT2D eigenvalue weighted by atomic mass is 10.1. The van der Waals surface area contributed by atoms with Gasteiger partial charge in [-0.3, -0.25) is 4.79 Å². The van der Waals surface area contributed by atoms with Gasteiger partial charge in [0.25, 0.3) is 0 Å². The van der Waals surface area contributed by atoms with E-state index in [-0.39, 0.29) is 0 Å². The number of hydrogen-bond acceptors (Lipinski definition) is 5. The largest absolute Gasteiger partial charge is 0.480 e. The summed E-state index contributed by atoms with van der Waals surface area (Å²) < 4.78 is 0. The van der Waals surface area contributed by atoms with E-state index >= 15 is 0 Å². The molecular weight excluding hydrogens is 198 g/mol. The third kappa shape index (κ3) is 12.8. The molecule has 88 valence electrons. The Labute approximate surface area is 89.4 Å². The Morgan fingerprint density at radius 1 is 1.60 bits per heavy atom. The summed E-state index contributed by atoms with van der Waals surface area (Å²) in [6, 6.07) is -0.401. The summed E-state index contributed by atoms with van der Waals surface area (Å²) in [5, 5.41) is 17.0. The Hall–Kier alpha value is -1.23. The van der Waals surface area contributed by atoms with Crippen LogP contribution in [0.2, 0.25) is 0 Å². The fourth-order valence-electron chi connectivity index (χ4n) is 1.05. The van der Waals surface area contributed by atoms with Crippen molar-refractivity contribution in [1.82, 2.24) is 5.32 Å². The number of isocyanates is 1. The summed E-state index contributed by atoms with van der Waals surface area (Å²) in [5.41, 5.74) is 5.30. The minimum atomic E-state index is -0.770. The van der Waals surface area contributed by atoms with Gasteiger partial charge >= 0.3 is 5.97 Å². The second-order valence-corrected chi connectivity index (χ2v) is 2.84. The molecule has 0 aromatic heterocycles. The Kier molecular flexibility index (Phi) is 13.8. The van der Waals surface area contributed by atoms with Gasteiger partial charge in [0.1, 0.15) is 6.04 Å². The molecule has 0 spiro atoms. The zero-order valence-corrected chi connectivity index (χ0v) is 8.95. The van der Waals surface area contributed by atoms with Gasteiger partial charge in [-0.2, -0.15) is 0 Å². The number of likely N-dealkylation sites (N-methyl/N-ethyl adjacent to an activating group) is 1. The van der Waals surface area contributed by atoms with Crippen molar-refractivity contribution in [3.05, 3.63) is 0 Å². The molecule has 0 aliphatic heterocycles. The molecule has 0 aliphatic rings. The molecule has 0 aliphatic carbocycles. The van der Waals surface area contributed by atoms with E-state index in [1.54, 1.807) is 0 Å². The van der Waals surface area contributed by atoms with E-state index in [0.29, 0.717) is 19.5 Å². The van der Waals surface area contributed by atoms with Crippen LogP contribution in [0.4, 0.5) is 0 Å². The molecule has 0 aromatic carbocycles. The SMILES string of the molecule is CCNC(CCCCN)C(=O)O.N=C=O. The van der Waals surface area contributed by atoms with E-state index in [1.807, 2.05) is 6.92 Å². The Bertz CT molecular complexity index is 191. The number of nitrogens with one attached hydrogen (secondary N) is 2. The average Bonchev–Trinajstić information content (AvgIpc) is 2.18. The van der Waals surface area contributed by atoms with Crippen LogP contribution < -0.4 is 11.1 Å². The van der Waals surface area contributed by atoms with Crippen LogP contribution in [-0.4, -0.2) is 36.3 Å². The Morgan fingerprint density at radius 3 is 2.47 bits per heavy atom. The lowest BCUT2D eigenvalue weighted by Gasteiger charge is -2.11. The predicted octanol–water partition coefficient (Wildman–Crippen LogP) is 0.0791. The standard InChI is InChI=1S/C8H18N2O2.CHNO/c1-2-10-7(8(11)12)5-3-4-6-9;2-1-3/h7,10H,2-6,9H2,1H3,(H,11,12);2H. The summed E-state index contributed by atoms with van der Waals surface area (Å²) >= 11 is 0. The molecule has 0 rings (SSSR count). The topological polar surface area (TPSA) is 116 Å². The third-order valence-electron chi connectivity index (χ3n) is 1.70. The van der Waals surface area contributed by atoms with Crippen molar-refractivity contribution in [2.75, 3.05) is 13.1 Å². The third-order valence-corrected chi connectivity index (χ3v) is 1.70. The summed E-state index contributed by atoms with van der Waals surface area (Å²) in [4.78, 5) is 18.9. The summed E-state index contributed by atoms with van der Waals surface area (Å²) in [5.74, 6) is -0.770. The first kappa shape index (κ1) is 16.2. The molecule has 0 aromatic rings. The van der Waals surface area contributed by atoms with Crippen LogP contribution in [0.5, 0.6) is 0 Å². The number of aliphatic carboxylic acids is 1. The fraction of sp³-hybridized carbons (Fsp3) is 0.778. The number of hydrogen-bond donors (Lipinski definition) is 4. The van der Waals surface area contributed by atoms with Crippen LogP contribution in [0.25, 0.3) is 0 Å². The second-order valence-electron chi connectivity index (χ2n) is 2.84. The van der Waals surface area contributed by atoms with Crippen molar-refractivity contribution in [1.29, 1.82) is 5.41 Å². The van der Waals surface area contributed by atoms with Crippen molar-refractivity contribution in [3.63, 3.8) is 0 Å². The van der Waals surface area contributed by atoms with Gasteiger partial charge in [0.05, 0.1) is 0 Å². The molecule has 1 atom stereocenters. The molecule has 0 heterocycles. The van der Waals surface area contributed by atoms with Crippen molar-refractivity contribution < 1.29 is 14.7 Å². The molecule has 15 heavy (non-hydrogen) atoms. The average molecular weight is 217 g/mol. The van der Waals surface area contributed by atoms with Gasteiger partial charge in [0, 0.05) is 0 Å². The number of unbranched alkanes of at least 4 members (excludes halogenated alkanes) is 1. The molecule has 0 saturated carbocycles. The Balaban J connectivity index is 0. The highest BCUT2D eigenvalue weighted by atomic mass is 16.4. The van der Waals surface area contributed by atoms with Gasteiger partial charge < -0.3 is 16.2 Å². The first-order valence-electron chi connectivity index (χ1n) is 4.84. The van der Waals surface area contributed by atoms with Gasteiger partial charge in [-0.05, 0) is 25.9 Å². The minimum Gasteiger partial charge on any atom is -0.480 e. The highest BCUT2D eigenvalue weighted by Gasteiger charge is 2.14. The number of rotatable bonds is 7. The van der Waals surface area contributed by atoms with Crippen molar-refractivity contribution >= 4 is 12.0 Å². The monoisotopic (exact) mass is 217 g/mol. The second kappa shape index (κ2) is 12.8. The summed E-state index contributed by atoms with van der Waals surface area (Å²) in [6.07, 6.45) is 3.19. The van der Waals surface area contributed by atoms with Crippen LogP contribution in [0, 0.1) is 5.41 Å².